The van der Waals surface area contributed by atoms with Crippen LogP contribution >= 0.6 is 0 Å². The summed E-state index contributed by atoms with van der Waals surface area (Å²) in [6.07, 6.45) is -0.570. The van der Waals surface area contributed by atoms with Crippen molar-refractivity contribution in [3.63, 3.8) is 0 Å². The summed E-state index contributed by atoms with van der Waals surface area (Å²) in [5, 5.41) is 8.79. The third-order valence-corrected chi connectivity index (χ3v) is 3.82. The molecule has 0 radical (unpaired) electrons. The zero-order chi connectivity index (χ0) is 15.6. The number of nitriles is 1. The van der Waals surface area contributed by atoms with Gasteiger partial charge in [-0.05, 0) is 30.5 Å². The molecule has 0 aliphatic carbocycles. The molecule has 1 aliphatic heterocycles. The van der Waals surface area contributed by atoms with Crippen molar-refractivity contribution in [1.29, 1.82) is 5.26 Å². The van der Waals surface area contributed by atoms with Crippen LogP contribution in [0.15, 0.2) is 24.3 Å². The van der Waals surface area contributed by atoms with Gasteiger partial charge in [0.2, 0.25) is 5.91 Å². The van der Waals surface area contributed by atoms with Crippen LogP contribution in [0.2, 0.25) is 0 Å². The van der Waals surface area contributed by atoms with Gasteiger partial charge >= 0.3 is 6.09 Å². The van der Waals surface area contributed by atoms with Crippen LogP contribution in [0.1, 0.15) is 37.8 Å². The molecule has 2 amide bonds. The molecule has 21 heavy (non-hydrogen) atoms. The first-order chi connectivity index (χ1) is 9.95. The fraction of sp³-hybridized carbons (Fsp3) is 0.438. The monoisotopic (exact) mass is 286 g/mol. The second-order valence-corrected chi connectivity index (χ2v) is 5.55. The van der Waals surface area contributed by atoms with Gasteiger partial charge < -0.3 is 4.74 Å². The average molecular weight is 286 g/mol. The van der Waals surface area contributed by atoms with Crippen LogP contribution in [0.5, 0.6) is 0 Å². The van der Waals surface area contributed by atoms with Gasteiger partial charge in [-0.25, -0.2) is 9.69 Å². The summed E-state index contributed by atoms with van der Waals surface area (Å²) in [7, 11) is 0. The van der Waals surface area contributed by atoms with Gasteiger partial charge in [0.05, 0.1) is 23.6 Å². The Morgan fingerprint density at radius 1 is 1.33 bits per heavy atom. The van der Waals surface area contributed by atoms with Crippen LogP contribution in [-0.4, -0.2) is 29.5 Å². The SMILES string of the molecule is CC(C)[C@@H]1COC(=O)N1C(=O)[C@H](C)c1ccc(C#N)cc1. The summed E-state index contributed by atoms with van der Waals surface area (Å²) in [4.78, 5) is 25.6. The molecule has 0 N–H and O–H groups in total. The molecule has 1 fully saturated rings. The first-order valence-corrected chi connectivity index (χ1v) is 6.95. The summed E-state index contributed by atoms with van der Waals surface area (Å²) in [6.45, 7) is 5.92. The molecule has 1 aromatic rings. The number of imide groups is 1. The van der Waals surface area contributed by atoms with E-state index >= 15 is 0 Å². The number of ether oxygens (including phenoxy) is 1. The summed E-state index contributed by atoms with van der Waals surface area (Å²) in [6, 6.07) is 8.64. The van der Waals surface area contributed by atoms with Crippen molar-refractivity contribution in [2.24, 2.45) is 5.92 Å². The lowest BCUT2D eigenvalue weighted by Gasteiger charge is -2.25. The van der Waals surface area contributed by atoms with Gasteiger partial charge in [0.25, 0.3) is 0 Å². The molecule has 1 heterocycles. The van der Waals surface area contributed by atoms with Gasteiger partial charge in [-0.2, -0.15) is 5.26 Å². The van der Waals surface area contributed by atoms with E-state index in [2.05, 4.69) is 0 Å². The Labute approximate surface area is 124 Å². The number of hydrogen-bond acceptors (Lipinski definition) is 4. The molecule has 0 saturated carbocycles. The third-order valence-electron chi connectivity index (χ3n) is 3.82. The van der Waals surface area contributed by atoms with Crippen molar-refractivity contribution >= 4 is 12.0 Å². The molecule has 0 spiro atoms. The molecule has 0 bridgehead atoms. The smallest absolute Gasteiger partial charge is 0.417 e. The second-order valence-electron chi connectivity index (χ2n) is 5.55. The van der Waals surface area contributed by atoms with Crippen molar-refractivity contribution in [1.82, 2.24) is 4.90 Å². The first-order valence-electron chi connectivity index (χ1n) is 6.95. The van der Waals surface area contributed by atoms with Gasteiger partial charge in [0, 0.05) is 0 Å². The Bertz CT molecular complexity index is 587. The quantitative estimate of drug-likeness (QED) is 0.856. The lowest BCUT2D eigenvalue weighted by molar-refractivity contribution is -0.131. The van der Waals surface area contributed by atoms with E-state index in [4.69, 9.17) is 10.00 Å². The van der Waals surface area contributed by atoms with Crippen molar-refractivity contribution in [3.8, 4) is 6.07 Å². The predicted octanol–water partition coefficient (Wildman–Crippen LogP) is 2.67. The Kier molecular flexibility index (Phi) is 4.27. The maximum Gasteiger partial charge on any atom is 0.417 e. The van der Waals surface area contributed by atoms with E-state index in [1.807, 2.05) is 19.9 Å². The van der Waals surface area contributed by atoms with E-state index in [0.717, 1.165) is 5.56 Å². The molecule has 2 rings (SSSR count). The van der Waals surface area contributed by atoms with E-state index in [9.17, 15) is 9.59 Å². The Hall–Kier alpha value is -2.35. The highest BCUT2D eigenvalue weighted by Gasteiger charge is 2.41. The highest BCUT2D eigenvalue weighted by atomic mass is 16.6. The summed E-state index contributed by atoms with van der Waals surface area (Å²) in [5.74, 6) is -0.570. The average Bonchev–Trinajstić information content (AvgIpc) is 2.87. The number of hydrogen-bond donors (Lipinski definition) is 0. The molecule has 1 aliphatic rings. The minimum atomic E-state index is -0.570. The lowest BCUT2D eigenvalue weighted by Crippen LogP contribution is -2.43. The number of nitrogens with zero attached hydrogens (tertiary/aromatic N) is 2. The van der Waals surface area contributed by atoms with Crippen LogP contribution in [0.4, 0.5) is 4.79 Å². The van der Waals surface area contributed by atoms with E-state index in [1.165, 1.54) is 4.90 Å². The topological polar surface area (TPSA) is 70.4 Å². The van der Waals surface area contributed by atoms with Gasteiger partial charge in [0.15, 0.2) is 0 Å². The molecule has 0 unspecified atom stereocenters. The van der Waals surface area contributed by atoms with E-state index < -0.39 is 12.0 Å². The molecule has 1 saturated heterocycles. The van der Waals surface area contributed by atoms with E-state index in [-0.39, 0.29) is 24.5 Å². The molecule has 0 aromatic heterocycles. The highest BCUT2D eigenvalue weighted by molar-refractivity contribution is 5.97. The number of amides is 2. The van der Waals surface area contributed by atoms with Crippen LogP contribution in [-0.2, 0) is 9.53 Å². The fourth-order valence-electron chi connectivity index (χ4n) is 2.38. The Morgan fingerprint density at radius 3 is 2.48 bits per heavy atom. The molecule has 2 atom stereocenters. The number of rotatable bonds is 3. The lowest BCUT2D eigenvalue weighted by atomic mass is 9.96. The maximum atomic E-state index is 12.6. The number of carbonyl (C=O) groups is 2. The first kappa shape index (κ1) is 15.0. The predicted molar refractivity (Wildman–Crippen MR) is 76.4 cm³/mol. The van der Waals surface area contributed by atoms with Crippen LogP contribution in [0, 0.1) is 17.2 Å². The van der Waals surface area contributed by atoms with Gasteiger partial charge in [-0.3, -0.25) is 4.79 Å². The Balaban J connectivity index is 2.21. The zero-order valence-electron chi connectivity index (χ0n) is 12.4. The van der Waals surface area contributed by atoms with E-state index in [0.29, 0.717) is 5.56 Å². The molecular formula is C16H18N2O3. The minimum Gasteiger partial charge on any atom is -0.447 e. The Morgan fingerprint density at radius 2 is 1.95 bits per heavy atom. The molecule has 5 heteroatoms. The molecule has 110 valence electrons. The highest BCUT2D eigenvalue weighted by Crippen LogP contribution is 2.26. The zero-order valence-corrected chi connectivity index (χ0v) is 12.4. The van der Waals surface area contributed by atoms with Gasteiger partial charge in [-0.1, -0.05) is 26.0 Å². The van der Waals surface area contributed by atoms with Gasteiger partial charge in [-0.15, -0.1) is 0 Å². The van der Waals surface area contributed by atoms with Crippen molar-refractivity contribution in [3.05, 3.63) is 35.4 Å². The summed E-state index contributed by atoms with van der Waals surface area (Å²) >= 11 is 0. The molecule has 5 nitrogen and oxygen atoms in total. The van der Waals surface area contributed by atoms with Crippen molar-refractivity contribution in [2.75, 3.05) is 6.61 Å². The summed E-state index contributed by atoms with van der Waals surface area (Å²) in [5.41, 5.74) is 1.32. The van der Waals surface area contributed by atoms with E-state index in [1.54, 1.807) is 31.2 Å². The standard InChI is InChI=1S/C16H18N2O3/c1-10(2)14-9-21-16(20)18(14)15(19)11(3)13-6-4-12(8-17)5-7-13/h4-7,10-11,14H,9H2,1-3H3/t11-,14+/m1/s1. The van der Waals surface area contributed by atoms with Crippen molar-refractivity contribution < 1.29 is 14.3 Å². The third kappa shape index (κ3) is 2.89. The van der Waals surface area contributed by atoms with Crippen LogP contribution < -0.4 is 0 Å². The van der Waals surface area contributed by atoms with Gasteiger partial charge in [0.1, 0.15) is 6.61 Å². The van der Waals surface area contributed by atoms with Crippen LogP contribution in [0.25, 0.3) is 0 Å². The van der Waals surface area contributed by atoms with Crippen LogP contribution in [0.3, 0.4) is 0 Å². The number of carbonyl (C=O) groups excluding carboxylic acids is 2. The fourth-order valence-corrected chi connectivity index (χ4v) is 2.38. The summed E-state index contributed by atoms with van der Waals surface area (Å²) < 4.78 is 5.01. The normalized spacial score (nSPS) is 19.3. The minimum absolute atomic E-state index is 0.147. The maximum absolute atomic E-state index is 12.6. The molecule has 1 aromatic carbocycles. The number of benzene rings is 1. The largest absolute Gasteiger partial charge is 0.447 e. The van der Waals surface area contributed by atoms with Crippen molar-refractivity contribution in [2.45, 2.75) is 32.7 Å². The number of cyclic esters (lactones) is 1. The molecular weight excluding hydrogens is 268 g/mol. The second kappa shape index (κ2) is 5.96.